The molecule has 0 fully saturated rings. The average molecular weight is 358 g/mol. The highest BCUT2D eigenvalue weighted by atomic mass is 35.5. The molecule has 2 aliphatic rings. The molecule has 0 bridgehead atoms. The second kappa shape index (κ2) is 6.01. The zero-order chi connectivity index (χ0) is 17.6. The quantitative estimate of drug-likeness (QED) is 0.768. The zero-order valence-electron chi connectivity index (χ0n) is 13.0. The summed E-state index contributed by atoms with van der Waals surface area (Å²) in [7, 11) is 0. The number of nitrogens with zero attached hydrogens (tertiary/aromatic N) is 1. The van der Waals surface area contributed by atoms with Crippen molar-refractivity contribution < 1.29 is 18.7 Å². The standard InChI is InChI=1S/C19H13ClFNO3/c20-12-3-7-14(8-4-12)22-16-10-25-19(24)18(16)15(9-17(22)23)11-1-5-13(21)6-2-11/h1-8,15H,9-10H2/t15-/m1/s1. The van der Waals surface area contributed by atoms with Crippen molar-refractivity contribution >= 4 is 29.2 Å². The van der Waals surface area contributed by atoms with Gasteiger partial charge in [0.1, 0.15) is 12.4 Å². The lowest BCUT2D eigenvalue weighted by Crippen LogP contribution is -2.37. The molecule has 2 aliphatic heterocycles. The van der Waals surface area contributed by atoms with E-state index in [2.05, 4.69) is 0 Å². The normalized spacial score (nSPS) is 19.9. The Bertz CT molecular complexity index is 890. The highest BCUT2D eigenvalue weighted by Crippen LogP contribution is 2.41. The molecule has 2 heterocycles. The molecule has 4 nitrogen and oxygen atoms in total. The number of hydrogen-bond acceptors (Lipinski definition) is 3. The van der Waals surface area contributed by atoms with Crippen molar-refractivity contribution in [1.82, 2.24) is 0 Å². The van der Waals surface area contributed by atoms with Gasteiger partial charge in [0.2, 0.25) is 5.91 Å². The van der Waals surface area contributed by atoms with Crippen LogP contribution >= 0.6 is 11.6 Å². The maximum absolute atomic E-state index is 13.2. The van der Waals surface area contributed by atoms with Crippen LogP contribution in [-0.2, 0) is 14.3 Å². The van der Waals surface area contributed by atoms with E-state index in [9.17, 15) is 14.0 Å². The molecular formula is C19H13ClFNO3. The Morgan fingerprint density at radius 1 is 1.04 bits per heavy atom. The number of carbonyl (C=O) groups excluding carboxylic acids is 2. The number of carbonyl (C=O) groups is 2. The summed E-state index contributed by atoms with van der Waals surface area (Å²) in [6, 6.07) is 12.7. The highest BCUT2D eigenvalue weighted by Gasteiger charge is 2.42. The Hall–Kier alpha value is -2.66. The predicted molar refractivity (Wildman–Crippen MR) is 90.7 cm³/mol. The van der Waals surface area contributed by atoms with Crippen LogP contribution in [0, 0.1) is 5.82 Å². The fourth-order valence-corrected chi connectivity index (χ4v) is 3.45. The number of benzene rings is 2. The molecule has 0 aliphatic carbocycles. The van der Waals surface area contributed by atoms with Crippen molar-refractivity contribution in [2.75, 3.05) is 11.5 Å². The fourth-order valence-electron chi connectivity index (χ4n) is 3.32. The maximum atomic E-state index is 13.2. The van der Waals surface area contributed by atoms with Crippen molar-refractivity contribution in [1.29, 1.82) is 0 Å². The van der Waals surface area contributed by atoms with E-state index in [1.807, 2.05) is 0 Å². The van der Waals surface area contributed by atoms with Gasteiger partial charge in [0.05, 0.1) is 11.3 Å². The zero-order valence-corrected chi connectivity index (χ0v) is 13.8. The van der Waals surface area contributed by atoms with E-state index >= 15 is 0 Å². The lowest BCUT2D eigenvalue weighted by molar-refractivity contribution is -0.136. The van der Waals surface area contributed by atoms with Gasteiger partial charge in [0.15, 0.2) is 0 Å². The molecular weight excluding hydrogens is 345 g/mol. The summed E-state index contributed by atoms with van der Waals surface area (Å²) in [6.07, 6.45) is 0.113. The predicted octanol–water partition coefficient (Wildman–Crippen LogP) is 3.81. The third-order valence-corrected chi connectivity index (χ3v) is 4.73. The SMILES string of the molecule is O=C1OCC2=C1[C@@H](c1ccc(F)cc1)CC(=O)N2c1ccc(Cl)cc1. The molecule has 1 amide bonds. The van der Waals surface area contributed by atoms with Gasteiger partial charge in [-0.1, -0.05) is 23.7 Å². The molecule has 0 saturated carbocycles. The minimum Gasteiger partial charge on any atom is -0.456 e. The van der Waals surface area contributed by atoms with E-state index in [0.717, 1.165) is 5.56 Å². The van der Waals surface area contributed by atoms with Crippen molar-refractivity contribution in [3.8, 4) is 0 Å². The number of ether oxygens (including phenoxy) is 1. The summed E-state index contributed by atoms with van der Waals surface area (Å²) in [5.41, 5.74) is 2.36. The van der Waals surface area contributed by atoms with Crippen LogP contribution in [0.4, 0.5) is 10.1 Å². The smallest absolute Gasteiger partial charge is 0.336 e. The molecule has 0 aromatic heterocycles. The molecule has 0 radical (unpaired) electrons. The number of hydrogen-bond donors (Lipinski definition) is 0. The van der Waals surface area contributed by atoms with E-state index < -0.39 is 11.9 Å². The van der Waals surface area contributed by atoms with Crippen LogP contribution in [0.1, 0.15) is 17.9 Å². The molecule has 0 unspecified atom stereocenters. The van der Waals surface area contributed by atoms with Gasteiger partial charge in [-0.15, -0.1) is 0 Å². The number of amides is 1. The van der Waals surface area contributed by atoms with Gasteiger partial charge >= 0.3 is 5.97 Å². The maximum Gasteiger partial charge on any atom is 0.336 e. The van der Waals surface area contributed by atoms with E-state index in [1.165, 1.54) is 17.0 Å². The number of cyclic esters (lactones) is 1. The van der Waals surface area contributed by atoms with Crippen molar-refractivity contribution in [3.63, 3.8) is 0 Å². The minimum absolute atomic E-state index is 0.0419. The number of halogens is 2. The van der Waals surface area contributed by atoms with Crippen molar-refractivity contribution in [2.24, 2.45) is 0 Å². The molecule has 0 saturated heterocycles. The topological polar surface area (TPSA) is 46.6 Å². The lowest BCUT2D eigenvalue weighted by Gasteiger charge is -2.31. The van der Waals surface area contributed by atoms with Crippen LogP contribution in [0.5, 0.6) is 0 Å². The Morgan fingerprint density at radius 3 is 2.40 bits per heavy atom. The van der Waals surface area contributed by atoms with Crippen molar-refractivity contribution in [2.45, 2.75) is 12.3 Å². The van der Waals surface area contributed by atoms with Crippen LogP contribution in [0.15, 0.2) is 59.8 Å². The number of esters is 1. The van der Waals surface area contributed by atoms with Crippen LogP contribution in [0.2, 0.25) is 5.02 Å². The van der Waals surface area contributed by atoms with Gasteiger partial charge in [-0.2, -0.15) is 0 Å². The molecule has 2 aromatic carbocycles. The summed E-state index contributed by atoms with van der Waals surface area (Å²) in [6.45, 7) is 0.0419. The number of rotatable bonds is 2. The summed E-state index contributed by atoms with van der Waals surface area (Å²) in [4.78, 5) is 26.6. The van der Waals surface area contributed by atoms with Crippen LogP contribution < -0.4 is 4.90 Å². The van der Waals surface area contributed by atoms with E-state index in [4.69, 9.17) is 16.3 Å². The first-order valence-electron chi connectivity index (χ1n) is 7.79. The Balaban J connectivity index is 1.81. The molecule has 126 valence electrons. The molecule has 4 rings (SSSR count). The van der Waals surface area contributed by atoms with E-state index in [-0.39, 0.29) is 24.8 Å². The Morgan fingerprint density at radius 2 is 1.72 bits per heavy atom. The Labute approximate surface area is 148 Å². The third kappa shape index (κ3) is 2.70. The molecule has 0 spiro atoms. The number of anilines is 1. The first-order valence-corrected chi connectivity index (χ1v) is 8.16. The monoisotopic (exact) mass is 357 g/mol. The molecule has 25 heavy (non-hydrogen) atoms. The highest BCUT2D eigenvalue weighted by molar-refractivity contribution is 6.30. The van der Waals surface area contributed by atoms with Gasteiger partial charge in [-0.25, -0.2) is 9.18 Å². The lowest BCUT2D eigenvalue weighted by atomic mass is 9.84. The average Bonchev–Trinajstić information content (AvgIpc) is 2.98. The van der Waals surface area contributed by atoms with E-state index in [0.29, 0.717) is 22.0 Å². The second-order valence-electron chi connectivity index (χ2n) is 5.95. The first-order chi connectivity index (χ1) is 12.0. The summed E-state index contributed by atoms with van der Waals surface area (Å²) < 4.78 is 18.4. The second-order valence-corrected chi connectivity index (χ2v) is 6.39. The summed E-state index contributed by atoms with van der Waals surface area (Å²) >= 11 is 5.91. The minimum atomic E-state index is -0.434. The van der Waals surface area contributed by atoms with Crippen LogP contribution in [-0.4, -0.2) is 18.5 Å². The molecule has 6 heteroatoms. The van der Waals surface area contributed by atoms with Crippen LogP contribution in [0.25, 0.3) is 0 Å². The van der Waals surface area contributed by atoms with Crippen LogP contribution in [0.3, 0.4) is 0 Å². The van der Waals surface area contributed by atoms with E-state index in [1.54, 1.807) is 36.4 Å². The molecule has 0 N–H and O–H groups in total. The third-order valence-electron chi connectivity index (χ3n) is 4.47. The van der Waals surface area contributed by atoms with Gasteiger partial charge in [0, 0.05) is 23.0 Å². The summed E-state index contributed by atoms with van der Waals surface area (Å²) in [5, 5.41) is 0.561. The van der Waals surface area contributed by atoms with Crippen molar-refractivity contribution in [3.05, 3.63) is 76.2 Å². The van der Waals surface area contributed by atoms with Gasteiger partial charge in [-0.05, 0) is 42.0 Å². The fraction of sp³-hybridized carbons (Fsp3) is 0.158. The Kier molecular flexibility index (Phi) is 3.81. The largest absolute Gasteiger partial charge is 0.456 e. The summed E-state index contributed by atoms with van der Waals surface area (Å²) in [5.74, 6) is -1.37. The molecule has 2 aromatic rings. The first kappa shape index (κ1) is 15.8. The van der Waals surface area contributed by atoms with Gasteiger partial charge < -0.3 is 4.74 Å². The van der Waals surface area contributed by atoms with Gasteiger partial charge in [0.25, 0.3) is 0 Å². The molecule has 1 atom stereocenters. The van der Waals surface area contributed by atoms with Gasteiger partial charge in [-0.3, -0.25) is 9.69 Å².